The van der Waals surface area contributed by atoms with E-state index in [0.717, 1.165) is 0 Å². The van der Waals surface area contributed by atoms with Gasteiger partial charge in [-0.1, -0.05) is 0 Å². The molecule has 3 N–H and O–H groups in total. The number of aromatic nitrogens is 2. The van der Waals surface area contributed by atoms with Gasteiger partial charge in [0.2, 0.25) is 0 Å². The van der Waals surface area contributed by atoms with Crippen LogP contribution in [0.15, 0.2) is 35.3 Å². The van der Waals surface area contributed by atoms with Gasteiger partial charge in [-0.2, -0.15) is 0 Å². The number of hydrogen-bond acceptors (Lipinski definition) is 4. The second kappa shape index (κ2) is 4.52. The van der Waals surface area contributed by atoms with Crippen LogP contribution in [0.2, 0.25) is 0 Å². The van der Waals surface area contributed by atoms with Gasteiger partial charge in [-0.25, -0.2) is 9.78 Å². The third-order valence-electron chi connectivity index (χ3n) is 2.10. The van der Waals surface area contributed by atoms with Crippen LogP contribution in [0.1, 0.15) is 5.69 Å². The van der Waals surface area contributed by atoms with E-state index < -0.39 is 12.0 Å². The van der Waals surface area contributed by atoms with Gasteiger partial charge in [-0.05, 0) is 6.07 Å². The zero-order valence-corrected chi connectivity index (χ0v) is 8.38. The minimum atomic E-state index is -0.945. The van der Waals surface area contributed by atoms with Gasteiger partial charge >= 0.3 is 5.97 Å². The van der Waals surface area contributed by atoms with E-state index in [1.165, 1.54) is 12.6 Å². The van der Waals surface area contributed by atoms with Crippen molar-refractivity contribution in [1.82, 2.24) is 9.97 Å². The SMILES string of the molecule is O=C(O)[C@H](Cc1c[nH]cn1)Nc1ccco1. The summed E-state index contributed by atoms with van der Waals surface area (Å²) in [4.78, 5) is 17.8. The Morgan fingerprint density at radius 1 is 1.69 bits per heavy atom. The van der Waals surface area contributed by atoms with Gasteiger partial charge in [-0.3, -0.25) is 0 Å². The monoisotopic (exact) mass is 221 g/mol. The van der Waals surface area contributed by atoms with Crippen molar-refractivity contribution in [3.63, 3.8) is 0 Å². The van der Waals surface area contributed by atoms with Crippen LogP contribution in [-0.2, 0) is 11.2 Å². The summed E-state index contributed by atoms with van der Waals surface area (Å²) in [5.74, 6) is -0.512. The van der Waals surface area contributed by atoms with Gasteiger partial charge in [0.1, 0.15) is 6.04 Å². The van der Waals surface area contributed by atoms with Crippen molar-refractivity contribution in [3.05, 3.63) is 36.6 Å². The molecule has 84 valence electrons. The molecule has 2 aromatic rings. The Kier molecular flexibility index (Phi) is 2.90. The van der Waals surface area contributed by atoms with Gasteiger partial charge < -0.3 is 19.8 Å². The topological polar surface area (TPSA) is 91.1 Å². The number of carbonyl (C=O) groups is 1. The zero-order chi connectivity index (χ0) is 11.4. The molecule has 0 spiro atoms. The Labute approximate surface area is 91.3 Å². The molecule has 0 amide bonds. The van der Waals surface area contributed by atoms with E-state index in [2.05, 4.69) is 15.3 Å². The first-order valence-corrected chi connectivity index (χ1v) is 4.76. The molecule has 0 bridgehead atoms. The fourth-order valence-electron chi connectivity index (χ4n) is 1.34. The Hall–Kier alpha value is -2.24. The van der Waals surface area contributed by atoms with Crippen LogP contribution in [0, 0.1) is 0 Å². The lowest BCUT2D eigenvalue weighted by molar-refractivity contribution is -0.137. The smallest absolute Gasteiger partial charge is 0.326 e. The molecule has 0 saturated carbocycles. The average molecular weight is 221 g/mol. The minimum Gasteiger partial charge on any atom is -0.480 e. The van der Waals surface area contributed by atoms with Crippen molar-refractivity contribution in [3.8, 4) is 0 Å². The standard InChI is InChI=1S/C10H11N3O3/c14-10(15)8(4-7-5-11-6-12-7)13-9-2-1-3-16-9/h1-3,5-6,8,13H,4H2,(H,11,12)(H,14,15)/t8-/m0/s1. The second-order valence-corrected chi connectivity index (χ2v) is 3.28. The summed E-state index contributed by atoms with van der Waals surface area (Å²) >= 11 is 0. The van der Waals surface area contributed by atoms with Crippen LogP contribution in [0.25, 0.3) is 0 Å². The maximum absolute atomic E-state index is 11.0. The largest absolute Gasteiger partial charge is 0.480 e. The molecule has 2 rings (SSSR count). The van der Waals surface area contributed by atoms with Crippen LogP contribution in [0.4, 0.5) is 5.88 Å². The lowest BCUT2D eigenvalue weighted by Gasteiger charge is -2.11. The quantitative estimate of drug-likeness (QED) is 0.703. The highest BCUT2D eigenvalue weighted by Gasteiger charge is 2.19. The van der Waals surface area contributed by atoms with Gasteiger partial charge in [0.25, 0.3) is 0 Å². The molecule has 0 aliphatic rings. The number of hydrogen-bond donors (Lipinski definition) is 3. The number of furan rings is 1. The number of H-pyrrole nitrogens is 1. The molecule has 2 aromatic heterocycles. The maximum atomic E-state index is 11.0. The van der Waals surface area contributed by atoms with Gasteiger partial charge in [0.15, 0.2) is 5.88 Å². The summed E-state index contributed by atoms with van der Waals surface area (Å²) < 4.78 is 5.03. The van der Waals surface area contributed by atoms with E-state index in [0.29, 0.717) is 18.0 Å². The molecule has 1 atom stereocenters. The number of anilines is 1. The van der Waals surface area contributed by atoms with Gasteiger partial charge in [-0.15, -0.1) is 0 Å². The third kappa shape index (κ3) is 2.41. The number of rotatable bonds is 5. The van der Waals surface area contributed by atoms with Crippen molar-refractivity contribution in [2.24, 2.45) is 0 Å². The number of aromatic amines is 1. The molecule has 6 nitrogen and oxygen atoms in total. The first kappa shape index (κ1) is 10.3. The Morgan fingerprint density at radius 3 is 3.12 bits per heavy atom. The summed E-state index contributed by atoms with van der Waals surface area (Å²) in [6.45, 7) is 0. The van der Waals surface area contributed by atoms with E-state index in [4.69, 9.17) is 9.52 Å². The highest BCUT2D eigenvalue weighted by Crippen LogP contribution is 2.10. The summed E-state index contributed by atoms with van der Waals surface area (Å²) in [6, 6.07) is 2.60. The van der Waals surface area contributed by atoms with Gasteiger partial charge in [0.05, 0.1) is 18.3 Å². The normalized spacial score (nSPS) is 12.2. The highest BCUT2D eigenvalue weighted by atomic mass is 16.4. The van der Waals surface area contributed by atoms with E-state index in [9.17, 15) is 4.79 Å². The Bertz CT molecular complexity index is 400. The molecule has 0 unspecified atom stereocenters. The van der Waals surface area contributed by atoms with Gasteiger partial charge in [0, 0.05) is 18.7 Å². The number of carboxylic acid groups (broad SMARTS) is 1. The highest BCUT2D eigenvalue weighted by molar-refractivity contribution is 5.77. The van der Waals surface area contributed by atoms with Crippen molar-refractivity contribution in [2.45, 2.75) is 12.5 Å². The predicted octanol–water partition coefficient (Wildman–Crippen LogP) is 1.11. The van der Waals surface area contributed by atoms with Crippen molar-refractivity contribution < 1.29 is 14.3 Å². The first-order chi connectivity index (χ1) is 7.75. The maximum Gasteiger partial charge on any atom is 0.326 e. The molecule has 0 aromatic carbocycles. The van der Waals surface area contributed by atoms with Crippen LogP contribution in [0.3, 0.4) is 0 Å². The molecule has 16 heavy (non-hydrogen) atoms. The summed E-state index contributed by atoms with van der Waals surface area (Å²) in [5, 5.41) is 11.8. The van der Waals surface area contributed by atoms with Crippen LogP contribution in [0.5, 0.6) is 0 Å². The van der Waals surface area contributed by atoms with E-state index in [-0.39, 0.29) is 0 Å². The lowest BCUT2D eigenvalue weighted by atomic mass is 10.1. The molecule has 0 fully saturated rings. The molecule has 6 heteroatoms. The fraction of sp³-hybridized carbons (Fsp3) is 0.200. The molecular weight excluding hydrogens is 210 g/mol. The molecule has 0 aliphatic heterocycles. The Morgan fingerprint density at radius 2 is 2.56 bits per heavy atom. The molecular formula is C10H11N3O3. The lowest BCUT2D eigenvalue weighted by Crippen LogP contribution is -2.31. The van der Waals surface area contributed by atoms with Crippen molar-refractivity contribution in [2.75, 3.05) is 5.32 Å². The van der Waals surface area contributed by atoms with Crippen LogP contribution >= 0.6 is 0 Å². The van der Waals surface area contributed by atoms with Crippen molar-refractivity contribution >= 4 is 11.9 Å². The number of carboxylic acids is 1. The molecule has 0 aliphatic carbocycles. The van der Waals surface area contributed by atoms with Crippen LogP contribution in [-0.4, -0.2) is 27.1 Å². The molecule has 0 saturated heterocycles. The molecule has 2 heterocycles. The summed E-state index contributed by atoms with van der Waals surface area (Å²) in [7, 11) is 0. The van der Waals surface area contributed by atoms with E-state index >= 15 is 0 Å². The predicted molar refractivity (Wildman–Crippen MR) is 56.0 cm³/mol. The summed E-state index contributed by atoms with van der Waals surface area (Å²) in [5.41, 5.74) is 0.687. The third-order valence-corrected chi connectivity index (χ3v) is 2.10. The molecule has 0 radical (unpaired) electrons. The number of aliphatic carboxylic acids is 1. The van der Waals surface area contributed by atoms with Crippen molar-refractivity contribution in [1.29, 1.82) is 0 Å². The van der Waals surface area contributed by atoms with E-state index in [1.807, 2.05) is 0 Å². The Balaban J connectivity index is 2.03. The minimum absolute atomic E-state index is 0.291. The van der Waals surface area contributed by atoms with Crippen LogP contribution < -0.4 is 5.32 Å². The average Bonchev–Trinajstić information content (AvgIpc) is 2.88. The number of nitrogens with one attached hydrogen (secondary N) is 2. The number of imidazole rings is 1. The number of nitrogens with zero attached hydrogens (tertiary/aromatic N) is 1. The summed E-state index contributed by atoms with van der Waals surface area (Å²) in [6.07, 6.45) is 4.95. The van der Waals surface area contributed by atoms with E-state index in [1.54, 1.807) is 18.3 Å². The fourth-order valence-corrected chi connectivity index (χ4v) is 1.34. The zero-order valence-electron chi connectivity index (χ0n) is 8.38. The first-order valence-electron chi connectivity index (χ1n) is 4.76. The second-order valence-electron chi connectivity index (χ2n) is 3.28.